The molecule has 0 radical (unpaired) electrons. The molecule has 1 rings (SSSR count). The molecule has 4 heteroatoms. The van der Waals surface area contributed by atoms with E-state index in [1.54, 1.807) is 6.92 Å². The Balaban J connectivity index is 2.34. The Kier molecular flexibility index (Phi) is 5.66. The van der Waals surface area contributed by atoms with Crippen molar-refractivity contribution >= 4 is 5.91 Å². The normalized spacial score (nSPS) is 18.8. The minimum absolute atomic E-state index is 0.223. The molecule has 1 amide bonds. The van der Waals surface area contributed by atoms with Crippen molar-refractivity contribution in [2.75, 3.05) is 13.2 Å². The fourth-order valence-corrected chi connectivity index (χ4v) is 1.76. The molecule has 1 heterocycles. The molecule has 104 valence electrons. The number of nitrogens with one attached hydrogen (secondary N) is 1. The average Bonchev–Trinajstić information content (AvgIpc) is 2.35. The fourth-order valence-electron chi connectivity index (χ4n) is 1.76. The Labute approximate surface area is 109 Å². The standard InChI is InChI=1S/C14H25NO3/c1-11(2)7-8-14(3,17)10-15-13(16)12-6-4-5-9-18-12/h6,11,17H,4-5,7-10H2,1-3H3,(H,15,16). The number of ether oxygens (including phenoxy) is 1. The van der Waals surface area contributed by atoms with Crippen molar-refractivity contribution in [3.05, 3.63) is 11.8 Å². The van der Waals surface area contributed by atoms with Gasteiger partial charge in [0, 0.05) is 6.54 Å². The number of carbonyl (C=O) groups is 1. The zero-order chi connectivity index (χ0) is 13.6. The predicted molar refractivity (Wildman–Crippen MR) is 71.0 cm³/mol. The van der Waals surface area contributed by atoms with Gasteiger partial charge in [-0.05, 0) is 44.6 Å². The van der Waals surface area contributed by atoms with E-state index in [1.807, 2.05) is 6.08 Å². The molecule has 2 N–H and O–H groups in total. The SMILES string of the molecule is CC(C)CCC(C)(O)CNC(=O)C1=CCCCO1. The van der Waals surface area contributed by atoms with Gasteiger partial charge in [0.25, 0.3) is 5.91 Å². The molecule has 0 saturated heterocycles. The Hall–Kier alpha value is -1.03. The van der Waals surface area contributed by atoms with Crippen LogP contribution in [0.3, 0.4) is 0 Å². The second-order valence-electron chi connectivity index (χ2n) is 5.67. The number of carbonyl (C=O) groups excluding carboxylic acids is 1. The van der Waals surface area contributed by atoms with Crippen LogP contribution in [0.4, 0.5) is 0 Å². The Bertz CT molecular complexity index is 308. The second-order valence-corrected chi connectivity index (χ2v) is 5.67. The minimum Gasteiger partial charge on any atom is -0.488 e. The molecule has 0 aromatic heterocycles. The van der Waals surface area contributed by atoms with Gasteiger partial charge in [-0.15, -0.1) is 0 Å². The van der Waals surface area contributed by atoms with E-state index in [1.165, 1.54) is 0 Å². The molecule has 1 atom stereocenters. The molecule has 0 spiro atoms. The summed E-state index contributed by atoms with van der Waals surface area (Å²) >= 11 is 0. The molecule has 0 aromatic carbocycles. The van der Waals surface area contributed by atoms with Crippen LogP contribution in [0.15, 0.2) is 11.8 Å². The van der Waals surface area contributed by atoms with Gasteiger partial charge < -0.3 is 15.2 Å². The van der Waals surface area contributed by atoms with Gasteiger partial charge in [-0.2, -0.15) is 0 Å². The maximum atomic E-state index is 11.8. The molecule has 0 saturated carbocycles. The first-order chi connectivity index (χ1) is 8.41. The fraction of sp³-hybridized carbons (Fsp3) is 0.786. The number of rotatable bonds is 6. The first-order valence-corrected chi connectivity index (χ1v) is 6.74. The Morgan fingerprint density at radius 2 is 2.33 bits per heavy atom. The van der Waals surface area contributed by atoms with Crippen molar-refractivity contribution in [3.8, 4) is 0 Å². The van der Waals surface area contributed by atoms with E-state index in [0.29, 0.717) is 24.7 Å². The average molecular weight is 255 g/mol. The van der Waals surface area contributed by atoms with Gasteiger partial charge in [0.15, 0.2) is 5.76 Å². The second kappa shape index (κ2) is 6.78. The van der Waals surface area contributed by atoms with Gasteiger partial charge >= 0.3 is 0 Å². The highest BCUT2D eigenvalue weighted by molar-refractivity contribution is 5.91. The van der Waals surface area contributed by atoms with Crippen LogP contribution >= 0.6 is 0 Å². The largest absolute Gasteiger partial charge is 0.488 e. The van der Waals surface area contributed by atoms with Crippen molar-refractivity contribution in [2.24, 2.45) is 5.92 Å². The smallest absolute Gasteiger partial charge is 0.286 e. The summed E-state index contributed by atoms with van der Waals surface area (Å²) in [6.45, 7) is 6.86. The van der Waals surface area contributed by atoms with Crippen molar-refractivity contribution in [3.63, 3.8) is 0 Å². The first-order valence-electron chi connectivity index (χ1n) is 6.74. The van der Waals surface area contributed by atoms with Gasteiger partial charge in [0.05, 0.1) is 12.2 Å². The highest BCUT2D eigenvalue weighted by Gasteiger charge is 2.23. The minimum atomic E-state index is -0.852. The summed E-state index contributed by atoms with van der Waals surface area (Å²) in [7, 11) is 0. The highest BCUT2D eigenvalue weighted by Crippen LogP contribution is 2.16. The van der Waals surface area contributed by atoms with Crippen LogP contribution in [-0.2, 0) is 9.53 Å². The molecular weight excluding hydrogens is 230 g/mol. The lowest BCUT2D eigenvalue weighted by Gasteiger charge is -2.25. The summed E-state index contributed by atoms with van der Waals surface area (Å²) in [4.78, 5) is 11.8. The van der Waals surface area contributed by atoms with E-state index in [9.17, 15) is 9.90 Å². The lowest BCUT2D eigenvalue weighted by Crippen LogP contribution is -2.41. The topological polar surface area (TPSA) is 58.6 Å². The van der Waals surface area contributed by atoms with Gasteiger partial charge in [-0.3, -0.25) is 4.79 Å². The maximum absolute atomic E-state index is 11.8. The molecule has 18 heavy (non-hydrogen) atoms. The van der Waals surface area contributed by atoms with Gasteiger partial charge in [-0.25, -0.2) is 0 Å². The van der Waals surface area contributed by atoms with E-state index in [2.05, 4.69) is 19.2 Å². The molecule has 4 nitrogen and oxygen atoms in total. The summed E-state index contributed by atoms with van der Waals surface area (Å²) in [5.74, 6) is 0.719. The van der Waals surface area contributed by atoms with Crippen LogP contribution in [0, 0.1) is 5.92 Å². The zero-order valence-corrected chi connectivity index (χ0v) is 11.7. The Morgan fingerprint density at radius 3 is 2.89 bits per heavy atom. The van der Waals surface area contributed by atoms with Gasteiger partial charge in [0.1, 0.15) is 0 Å². The molecule has 0 aliphatic carbocycles. The highest BCUT2D eigenvalue weighted by atomic mass is 16.5. The van der Waals surface area contributed by atoms with Crippen molar-refractivity contribution in [1.29, 1.82) is 0 Å². The Morgan fingerprint density at radius 1 is 1.61 bits per heavy atom. The molecule has 0 bridgehead atoms. The number of hydrogen-bond acceptors (Lipinski definition) is 3. The van der Waals surface area contributed by atoms with E-state index in [4.69, 9.17) is 4.74 Å². The first kappa shape index (κ1) is 15.0. The summed E-state index contributed by atoms with van der Waals surface area (Å²) in [6.07, 6.45) is 5.28. The van der Waals surface area contributed by atoms with Crippen LogP contribution in [0.1, 0.15) is 46.5 Å². The quantitative estimate of drug-likeness (QED) is 0.763. The molecular formula is C14H25NO3. The number of allylic oxidation sites excluding steroid dienone is 1. The summed E-state index contributed by atoms with van der Waals surface area (Å²) in [5.41, 5.74) is -0.852. The van der Waals surface area contributed by atoms with E-state index >= 15 is 0 Å². The summed E-state index contributed by atoms with van der Waals surface area (Å²) < 4.78 is 5.27. The van der Waals surface area contributed by atoms with Gasteiger partial charge in [0.2, 0.25) is 0 Å². The monoisotopic (exact) mass is 255 g/mol. The lowest BCUT2D eigenvalue weighted by molar-refractivity contribution is -0.122. The third-order valence-corrected chi connectivity index (χ3v) is 3.05. The third kappa shape index (κ3) is 5.54. The van der Waals surface area contributed by atoms with Crippen molar-refractivity contribution in [1.82, 2.24) is 5.32 Å². The van der Waals surface area contributed by atoms with Crippen molar-refractivity contribution < 1.29 is 14.6 Å². The van der Waals surface area contributed by atoms with E-state index < -0.39 is 5.60 Å². The molecule has 1 aliphatic heterocycles. The van der Waals surface area contributed by atoms with Crippen LogP contribution in [0.2, 0.25) is 0 Å². The number of hydrogen-bond donors (Lipinski definition) is 2. The van der Waals surface area contributed by atoms with Crippen LogP contribution in [0.25, 0.3) is 0 Å². The molecule has 0 aromatic rings. The predicted octanol–water partition coefficient (Wildman–Crippen LogP) is 1.98. The third-order valence-electron chi connectivity index (χ3n) is 3.05. The zero-order valence-electron chi connectivity index (χ0n) is 11.7. The van der Waals surface area contributed by atoms with Crippen LogP contribution in [-0.4, -0.2) is 29.8 Å². The van der Waals surface area contributed by atoms with E-state index in [0.717, 1.165) is 19.3 Å². The molecule has 1 unspecified atom stereocenters. The molecule has 1 aliphatic rings. The summed E-state index contributed by atoms with van der Waals surface area (Å²) in [5, 5.41) is 12.9. The maximum Gasteiger partial charge on any atom is 0.286 e. The van der Waals surface area contributed by atoms with Gasteiger partial charge in [-0.1, -0.05) is 13.8 Å². The lowest BCUT2D eigenvalue weighted by atomic mass is 9.95. The molecule has 0 fully saturated rings. The summed E-state index contributed by atoms with van der Waals surface area (Å²) in [6, 6.07) is 0. The van der Waals surface area contributed by atoms with Crippen LogP contribution < -0.4 is 5.32 Å². The van der Waals surface area contributed by atoms with E-state index in [-0.39, 0.29) is 12.5 Å². The number of aliphatic hydroxyl groups is 1. The van der Waals surface area contributed by atoms with Crippen LogP contribution in [0.5, 0.6) is 0 Å². The van der Waals surface area contributed by atoms with Crippen molar-refractivity contribution in [2.45, 2.75) is 52.1 Å². The number of amides is 1.